The quantitative estimate of drug-likeness (QED) is 0.829. The topological polar surface area (TPSA) is 15.6 Å². The molecule has 2 aromatic carbocycles. The molecule has 0 aliphatic carbocycles. The van der Waals surface area contributed by atoms with Crippen molar-refractivity contribution in [2.45, 2.75) is 39.3 Å². The second kappa shape index (κ2) is 5.28. The number of fused-ring (bicyclic) bond motifs is 1. The van der Waals surface area contributed by atoms with Gasteiger partial charge in [-0.2, -0.15) is 0 Å². The van der Waals surface area contributed by atoms with Crippen LogP contribution in [0.15, 0.2) is 47.5 Å². The monoisotopic (exact) mass is 292 g/mol. The van der Waals surface area contributed by atoms with E-state index in [2.05, 4.69) is 88.3 Å². The number of nitrogens with zero attached hydrogens (tertiary/aromatic N) is 2. The first-order valence-electron chi connectivity index (χ1n) is 7.93. The van der Waals surface area contributed by atoms with E-state index in [1.807, 2.05) is 0 Å². The van der Waals surface area contributed by atoms with Crippen molar-refractivity contribution >= 4 is 6.20 Å². The van der Waals surface area contributed by atoms with Crippen LogP contribution in [0, 0.1) is 6.92 Å². The van der Waals surface area contributed by atoms with Crippen molar-refractivity contribution in [2.24, 2.45) is 4.99 Å². The van der Waals surface area contributed by atoms with E-state index in [1.165, 1.54) is 21.9 Å². The van der Waals surface area contributed by atoms with Crippen molar-refractivity contribution in [1.82, 2.24) is 4.90 Å². The Labute approximate surface area is 132 Å². The molecular weight excluding hydrogens is 268 g/mol. The first-order valence-corrected chi connectivity index (χ1v) is 7.93. The van der Waals surface area contributed by atoms with Crippen LogP contribution in [0.5, 0.6) is 0 Å². The summed E-state index contributed by atoms with van der Waals surface area (Å²) >= 11 is 0. The van der Waals surface area contributed by atoms with Crippen molar-refractivity contribution in [2.75, 3.05) is 7.05 Å². The highest BCUT2D eigenvalue weighted by Gasteiger charge is 2.32. The van der Waals surface area contributed by atoms with E-state index in [0.717, 1.165) is 5.36 Å². The van der Waals surface area contributed by atoms with Crippen LogP contribution in [0.1, 0.15) is 43.4 Å². The molecule has 1 atom stereocenters. The number of rotatable bonds is 2. The maximum atomic E-state index is 5.13. The third-order valence-electron chi connectivity index (χ3n) is 4.74. The molecule has 2 heteroatoms. The van der Waals surface area contributed by atoms with Gasteiger partial charge < -0.3 is 4.90 Å². The van der Waals surface area contributed by atoms with E-state index in [-0.39, 0.29) is 5.66 Å². The summed E-state index contributed by atoms with van der Waals surface area (Å²) in [7, 11) is 2.12. The minimum Gasteiger partial charge on any atom is -0.352 e. The average molecular weight is 292 g/mol. The van der Waals surface area contributed by atoms with Gasteiger partial charge in [-0.15, -0.1) is 0 Å². The molecule has 0 bridgehead atoms. The summed E-state index contributed by atoms with van der Waals surface area (Å²) in [6.07, 6.45) is 2.25. The molecule has 0 aromatic heterocycles. The summed E-state index contributed by atoms with van der Waals surface area (Å²) in [5.74, 6) is 0.498. The summed E-state index contributed by atoms with van der Waals surface area (Å²) in [6.45, 7) is 8.82. The van der Waals surface area contributed by atoms with E-state index < -0.39 is 0 Å². The lowest BCUT2D eigenvalue weighted by Gasteiger charge is -2.38. The molecule has 0 saturated heterocycles. The predicted octanol–water partition coefficient (Wildman–Crippen LogP) is 3.29. The van der Waals surface area contributed by atoms with Gasteiger partial charge in [-0.1, -0.05) is 50.2 Å². The lowest BCUT2D eigenvalue weighted by atomic mass is 9.93. The fourth-order valence-corrected chi connectivity index (χ4v) is 3.30. The third kappa shape index (κ3) is 2.23. The molecule has 0 radical (unpaired) electrons. The highest BCUT2D eigenvalue weighted by Crippen LogP contribution is 2.32. The maximum Gasteiger partial charge on any atom is 0.155 e. The van der Waals surface area contributed by atoms with Gasteiger partial charge in [0.05, 0.1) is 5.36 Å². The van der Waals surface area contributed by atoms with E-state index in [9.17, 15) is 0 Å². The Bertz CT molecular complexity index is 820. The van der Waals surface area contributed by atoms with Crippen LogP contribution in [-0.2, 0) is 5.66 Å². The van der Waals surface area contributed by atoms with Crippen LogP contribution in [-0.4, -0.2) is 11.9 Å². The van der Waals surface area contributed by atoms with Gasteiger partial charge in [0.15, 0.2) is 5.66 Å². The van der Waals surface area contributed by atoms with Gasteiger partial charge in [-0.25, -0.2) is 0 Å². The molecule has 1 aliphatic rings. The Balaban J connectivity index is 2.27. The van der Waals surface area contributed by atoms with Crippen molar-refractivity contribution in [3.8, 4) is 0 Å². The van der Waals surface area contributed by atoms with Gasteiger partial charge in [0.25, 0.3) is 0 Å². The van der Waals surface area contributed by atoms with Gasteiger partial charge >= 0.3 is 0 Å². The number of benzene rings is 2. The molecule has 1 heterocycles. The van der Waals surface area contributed by atoms with Crippen LogP contribution >= 0.6 is 0 Å². The molecule has 1 aliphatic heterocycles. The Morgan fingerprint density at radius 3 is 2.45 bits per heavy atom. The van der Waals surface area contributed by atoms with Crippen molar-refractivity contribution in [3.63, 3.8) is 0 Å². The molecular formula is C20H24N2. The molecule has 1 unspecified atom stereocenters. The summed E-state index contributed by atoms with van der Waals surface area (Å²) in [5, 5.41) is 2.35. The molecule has 2 nitrogen and oxygen atoms in total. The SMILES string of the molecule is Cc1ccccc1C1(C)N=c2cccc(C(C)C)c2=CN1C. The molecule has 0 N–H and O–H groups in total. The first kappa shape index (κ1) is 14.8. The number of hydrogen-bond acceptors (Lipinski definition) is 2. The Kier molecular flexibility index (Phi) is 3.56. The summed E-state index contributed by atoms with van der Waals surface area (Å²) in [6, 6.07) is 15.0. The largest absolute Gasteiger partial charge is 0.352 e. The molecule has 0 saturated carbocycles. The molecule has 0 fully saturated rings. The van der Waals surface area contributed by atoms with Gasteiger partial charge in [-0.05, 0) is 37.0 Å². The fraction of sp³-hybridized carbons (Fsp3) is 0.350. The summed E-state index contributed by atoms with van der Waals surface area (Å²) in [4.78, 5) is 7.37. The fourth-order valence-electron chi connectivity index (χ4n) is 3.30. The zero-order valence-corrected chi connectivity index (χ0v) is 14.1. The standard InChI is InChI=1S/C20H24N2/c1-14(2)16-10-8-12-19-17(16)13-22(5)20(4,21-19)18-11-7-6-9-15(18)3/h6-14H,1-5H3. The second-order valence-electron chi connectivity index (χ2n) is 6.62. The summed E-state index contributed by atoms with van der Waals surface area (Å²) in [5.41, 5.74) is 3.54. The van der Waals surface area contributed by atoms with E-state index in [1.54, 1.807) is 0 Å². The first-order chi connectivity index (χ1) is 10.4. The Hall–Kier alpha value is -2.09. The van der Waals surface area contributed by atoms with Crippen LogP contribution in [0.2, 0.25) is 0 Å². The van der Waals surface area contributed by atoms with Crippen LogP contribution in [0.25, 0.3) is 6.20 Å². The van der Waals surface area contributed by atoms with Gasteiger partial charge in [-0.3, -0.25) is 4.99 Å². The normalized spacial score (nSPS) is 20.4. The smallest absolute Gasteiger partial charge is 0.155 e. The van der Waals surface area contributed by atoms with E-state index in [4.69, 9.17) is 4.99 Å². The van der Waals surface area contributed by atoms with Crippen molar-refractivity contribution in [1.29, 1.82) is 0 Å². The lowest BCUT2D eigenvalue weighted by Crippen LogP contribution is -2.47. The molecule has 0 spiro atoms. The highest BCUT2D eigenvalue weighted by molar-refractivity contribution is 5.39. The Morgan fingerprint density at radius 1 is 1.05 bits per heavy atom. The van der Waals surface area contributed by atoms with Gasteiger partial charge in [0.1, 0.15) is 0 Å². The van der Waals surface area contributed by atoms with E-state index >= 15 is 0 Å². The van der Waals surface area contributed by atoms with Crippen LogP contribution in [0.4, 0.5) is 0 Å². The molecule has 2 aromatic rings. The maximum absolute atomic E-state index is 5.13. The summed E-state index contributed by atoms with van der Waals surface area (Å²) < 4.78 is 0. The lowest BCUT2D eigenvalue weighted by molar-refractivity contribution is 0.224. The zero-order chi connectivity index (χ0) is 15.9. The zero-order valence-electron chi connectivity index (χ0n) is 14.1. The predicted molar refractivity (Wildman–Crippen MR) is 92.1 cm³/mol. The van der Waals surface area contributed by atoms with Gasteiger partial charge in [0.2, 0.25) is 0 Å². The van der Waals surface area contributed by atoms with Crippen molar-refractivity contribution in [3.05, 3.63) is 69.7 Å². The Morgan fingerprint density at radius 2 is 1.77 bits per heavy atom. The van der Waals surface area contributed by atoms with Gasteiger partial charge in [0, 0.05) is 24.0 Å². The molecule has 0 amide bonds. The highest BCUT2D eigenvalue weighted by atomic mass is 15.3. The van der Waals surface area contributed by atoms with E-state index in [0.29, 0.717) is 5.92 Å². The molecule has 3 rings (SSSR count). The molecule has 22 heavy (non-hydrogen) atoms. The molecule has 114 valence electrons. The third-order valence-corrected chi connectivity index (χ3v) is 4.74. The van der Waals surface area contributed by atoms with Crippen molar-refractivity contribution < 1.29 is 0 Å². The van der Waals surface area contributed by atoms with Crippen LogP contribution < -0.4 is 10.6 Å². The minimum absolute atomic E-state index is 0.353. The number of aryl methyl sites for hydroxylation is 1. The minimum atomic E-state index is -0.353. The number of hydrogen-bond donors (Lipinski definition) is 0. The van der Waals surface area contributed by atoms with Crippen LogP contribution in [0.3, 0.4) is 0 Å². The average Bonchev–Trinajstić information content (AvgIpc) is 2.48. The second-order valence-corrected chi connectivity index (χ2v) is 6.62.